The van der Waals surface area contributed by atoms with Gasteiger partial charge in [-0.05, 0) is 45.2 Å². The lowest BCUT2D eigenvalue weighted by Gasteiger charge is -2.27. The zero-order valence-electron chi connectivity index (χ0n) is 12.8. The molecule has 0 spiro atoms. The summed E-state index contributed by atoms with van der Waals surface area (Å²) < 4.78 is 10.9. The van der Waals surface area contributed by atoms with E-state index < -0.39 is 0 Å². The highest BCUT2D eigenvalue weighted by Gasteiger charge is 2.18. The molecule has 0 amide bonds. The highest BCUT2D eigenvalue weighted by Crippen LogP contribution is 2.16. The van der Waals surface area contributed by atoms with Gasteiger partial charge in [-0.25, -0.2) is 0 Å². The maximum absolute atomic E-state index is 5.47. The van der Waals surface area contributed by atoms with E-state index in [1.54, 1.807) is 12.4 Å². The molecule has 2 heterocycles. The average Bonchev–Trinajstić information content (AvgIpc) is 2.53. The second-order valence-electron chi connectivity index (χ2n) is 5.35. The van der Waals surface area contributed by atoms with Gasteiger partial charge in [0.05, 0.1) is 18.9 Å². The van der Waals surface area contributed by atoms with Gasteiger partial charge in [0.25, 0.3) is 0 Å². The van der Waals surface area contributed by atoms with Gasteiger partial charge in [-0.15, -0.1) is 0 Å². The summed E-state index contributed by atoms with van der Waals surface area (Å²) in [5.74, 6) is 0.516. The first-order valence-corrected chi connectivity index (χ1v) is 7.56. The van der Waals surface area contributed by atoms with Crippen LogP contribution in [0.25, 0.3) is 0 Å². The largest absolute Gasteiger partial charge is 0.396 e. The number of ether oxygens (including phenoxy) is 2. The first kappa shape index (κ1) is 15.9. The monoisotopic (exact) mass is 292 g/mol. The average molecular weight is 292 g/mol. The number of unbranched alkanes of at least 4 members (excludes halogenated alkanes) is 1. The highest BCUT2D eigenvalue weighted by atomic mass is 16.7. The maximum Gasteiger partial charge on any atom is 0.154 e. The SMILES string of the molecule is CC(=NOCCCCC1COC(C)OC1)c1cccnc1. The summed E-state index contributed by atoms with van der Waals surface area (Å²) in [6.07, 6.45) is 6.70. The fourth-order valence-electron chi connectivity index (χ4n) is 2.18. The Morgan fingerprint density at radius 2 is 2.19 bits per heavy atom. The Kier molecular flexibility index (Phi) is 6.63. The molecule has 116 valence electrons. The molecule has 1 aliphatic rings. The summed E-state index contributed by atoms with van der Waals surface area (Å²) in [4.78, 5) is 9.41. The van der Waals surface area contributed by atoms with Crippen LogP contribution in [0.5, 0.6) is 0 Å². The standard InChI is InChI=1S/C16H24N2O3/c1-13(16-7-5-8-17-10-16)18-21-9-4-3-6-15-11-19-14(2)20-12-15/h5,7-8,10,14-15H,3-4,6,9,11-12H2,1-2H3. The van der Waals surface area contributed by atoms with E-state index in [4.69, 9.17) is 14.3 Å². The van der Waals surface area contributed by atoms with Crippen molar-refractivity contribution < 1.29 is 14.3 Å². The van der Waals surface area contributed by atoms with Crippen molar-refractivity contribution in [1.29, 1.82) is 0 Å². The zero-order chi connectivity index (χ0) is 14.9. The summed E-state index contributed by atoms with van der Waals surface area (Å²) >= 11 is 0. The van der Waals surface area contributed by atoms with Crippen molar-refractivity contribution in [3.8, 4) is 0 Å². The summed E-state index contributed by atoms with van der Waals surface area (Å²) in [5.41, 5.74) is 1.84. The molecule has 0 aromatic carbocycles. The van der Waals surface area contributed by atoms with Crippen molar-refractivity contribution in [1.82, 2.24) is 4.98 Å². The molecule has 5 heteroatoms. The van der Waals surface area contributed by atoms with Crippen LogP contribution in [-0.2, 0) is 14.3 Å². The van der Waals surface area contributed by atoms with E-state index in [2.05, 4.69) is 10.1 Å². The molecule has 1 aliphatic heterocycles. The van der Waals surface area contributed by atoms with Gasteiger partial charge < -0.3 is 14.3 Å². The van der Waals surface area contributed by atoms with Crippen LogP contribution in [0.15, 0.2) is 29.7 Å². The number of pyridine rings is 1. The van der Waals surface area contributed by atoms with Gasteiger partial charge in [0, 0.05) is 23.9 Å². The number of hydrogen-bond donors (Lipinski definition) is 0. The smallest absolute Gasteiger partial charge is 0.154 e. The minimum Gasteiger partial charge on any atom is -0.396 e. The summed E-state index contributed by atoms with van der Waals surface area (Å²) in [6, 6.07) is 3.86. The molecule has 21 heavy (non-hydrogen) atoms. The lowest BCUT2D eigenvalue weighted by Crippen LogP contribution is -2.29. The molecule has 1 fully saturated rings. The number of hydrogen-bond acceptors (Lipinski definition) is 5. The minimum absolute atomic E-state index is 0.0469. The van der Waals surface area contributed by atoms with Crippen molar-refractivity contribution in [2.24, 2.45) is 11.1 Å². The second-order valence-corrected chi connectivity index (χ2v) is 5.35. The Morgan fingerprint density at radius 3 is 2.90 bits per heavy atom. The fraction of sp³-hybridized carbons (Fsp3) is 0.625. The Bertz CT molecular complexity index is 428. The normalized spacial score (nSPS) is 23.0. The minimum atomic E-state index is -0.0469. The molecule has 0 unspecified atom stereocenters. The predicted molar refractivity (Wildman–Crippen MR) is 81.1 cm³/mol. The van der Waals surface area contributed by atoms with Crippen LogP contribution in [0.3, 0.4) is 0 Å². The quantitative estimate of drug-likeness (QED) is 0.440. The summed E-state index contributed by atoms with van der Waals surface area (Å²) in [6.45, 7) is 6.12. The first-order valence-electron chi connectivity index (χ1n) is 7.56. The predicted octanol–water partition coefficient (Wildman–Crippen LogP) is 3.00. The van der Waals surface area contributed by atoms with E-state index >= 15 is 0 Å². The third kappa shape index (κ3) is 5.81. The van der Waals surface area contributed by atoms with E-state index in [9.17, 15) is 0 Å². The molecule has 5 nitrogen and oxygen atoms in total. The second kappa shape index (κ2) is 8.74. The molecule has 0 N–H and O–H groups in total. The molecule has 0 radical (unpaired) electrons. The van der Waals surface area contributed by atoms with Gasteiger partial charge in [0.1, 0.15) is 6.61 Å². The van der Waals surface area contributed by atoms with Crippen molar-refractivity contribution >= 4 is 5.71 Å². The van der Waals surface area contributed by atoms with E-state index in [1.165, 1.54) is 0 Å². The number of nitrogens with zero attached hydrogens (tertiary/aromatic N) is 2. The van der Waals surface area contributed by atoms with Gasteiger partial charge in [0.2, 0.25) is 0 Å². The Labute approximate surface area is 126 Å². The van der Waals surface area contributed by atoms with Crippen molar-refractivity contribution in [3.05, 3.63) is 30.1 Å². The summed E-state index contributed by atoms with van der Waals surface area (Å²) in [7, 11) is 0. The molecule has 0 bridgehead atoms. The van der Waals surface area contributed by atoms with E-state index in [0.29, 0.717) is 12.5 Å². The molecule has 1 aromatic heterocycles. The molecule has 0 saturated carbocycles. The Morgan fingerprint density at radius 1 is 1.38 bits per heavy atom. The van der Waals surface area contributed by atoms with Crippen LogP contribution in [0, 0.1) is 5.92 Å². The van der Waals surface area contributed by atoms with Crippen molar-refractivity contribution in [2.45, 2.75) is 39.4 Å². The van der Waals surface area contributed by atoms with Crippen LogP contribution in [-0.4, -0.2) is 36.8 Å². The molecule has 2 rings (SSSR count). The highest BCUT2D eigenvalue weighted by molar-refractivity contribution is 5.97. The van der Waals surface area contributed by atoms with Crippen LogP contribution >= 0.6 is 0 Å². The van der Waals surface area contributed by atoms with Gasteiger partial charge in [0.15, 0.2) is 6.29 Å². The molecule has 1 aromatic rings. The fourth-order valence-corrected chi connectivity index (χ4v) is 2.18. The van der Waals surface area contributed by atoms with E-state index in [-0.39, 0.29) is 6.29 Å². The Balaban J connectivity index is 1.56. The lowest BCUT2D eigenvalue weighted by atomic mass is 10.0. The molecule has 0 atom stereocenters. The topological polar surface area (TPSA) is 52.9 Å². The lowest BCUT2D eigenvalue weighted by molar-refractivity contribution is -0.191. The summed E-state index contributed by atoms with van der Waals surface area (Å²) in [5, 5.41) is 4.12. The molecular weight excluding hydrogens is 268 g/mol. The van der Waals surface area contributed by atoms with Gasteiger partial charge in [-0.3, -0.25) is 4.98 Å². The van der Waals surface area contributed by atoms with Gasteiger partial charge in [-0.2, -0.15) is 0 Å². The van der Waals surface area contributed by atoms with Crippen molar-refractivity contribution in [2.75, 3.05) is 19.8 Å². The number of rotatable bonds is 7. The van der Waals surface area contributed by atoms with E-state index in [1.807, 2.05) is 26.0 Å². The van der Waals surface area contributed by atoms with Gasteiger partial charge in [-0.1, -0.05) is 5.16 Å². The van der Waals surface area contributed by atoms with Crippen molar-refractivity contribution in [3.63, 3.8) is 0 Å². The third-order valence-corrected chi connectivity index (χ3v) is 3.51. The zero-order valence-corrected chi connectivity index (χ0v) is 12.8. The molecular formula is C16H24N2O3. The molecule has 0 aliphatic carbocycles. The van der Waals surface area contributed by atoms with Crippen LogP contribution in [0.2, 0.25) is 0 Å². The van der Waals surface area contributed by atoms with E-state index in [0.717, 1.165) is 43.8 Å². The number of aromatic nitrogens is 1. The molecule has 1 saturated heterocycles. The van der Waals surface area contributed by atoms with Crippen LogP contribution in [0.4, 0.5) is 0 Å². The Hall–Kier alpha value is -1.46. The van der Waals surface area contributed by atoms with Gasteiger partial charge >= 0.3 is 0 Å². The van der Waals surface area contributed by atoms with Crippen LogP contribution in [0.1, 0.15) is 38.7 Å². The first-order chi connectivity index (χ1) is 10.3. The third-order valence-electron chi connectivity index (χ3n) is 3.51. The number of oxime groups is 1. The maximum atomic E-state index is 5.47. The van der Waals surface area contributed by atoms with Crippen LogP contribution < -0.4 is 0 Å².